The third-order valence-corrected chi connectivity index (χ3v) is 6.04. The lowest BCUT2D eigenvalue weighted by Gasteiger charge is -2.40. The first kappa shape index (κ1) is 23.9. The zero-order valence-electron chi connectivity index (χ0n) is 17.9. The molecule has 1 aliphatic heterocycles. The number of aromatic nitrogens is 2. The largest absolute Gasteiger partial charge is 0.474 e. The van der Waals surface area contributed by atoms with Crippen molar-refractivity contribution in [2.45, 2.75) is 44.5 Å². The molecule has 1 fully saturated rings. The second-order valence-electron chi connectivity index (χ2n) is 7.16. The number of nitrogens with zero attached hydrogens (tertiary/aromatic N) is 2. The molecular weight excluding hydrogens is 460 g/mol. The van der Waals surface area contributed by atoms with Gasteiger partial charge in [-0.3, -0.25) is 19.1 Å². The summed E-state index contributed by atoms with van der Waals surface area (Å²) < 4.78 is 23.9. The van der Waals surface area contributed by atoms with Crippen molar-refractivity contribution in [2.75, 3.05) is 5.75 Å². The Kier molecular flexibility index (Phi) is 7.68. The summed E-state index contributed by atoms with van der Waals surface area (Å²) in [6, 6.07) is 5.28. The maximum Gasteiger partial charge on any atom is 0.303 e. The molecule has 1 aliphatic rings. The Labute approximate surface area is 194 Å². The monoisotopic (exact) mass is 482 g/mol. The third kappa shape index (κ3) is 5.95. The third-order valence-electron chi connectivity index (χ3n) is 4.52. The highest BCUT2D eigenvalue weighted by Gasteiger charge is 2.47. The first-order valence-electron chi connectivity index (χ1n) is 9.72. The normalized spacial score (nSPS) is 22.7. The lowest BCUT2D eigenvalue weighted by atomic mass is 10.1. The quantitative estimate of drug-likeness (QED) is 0.453. The minimum Gasteiger partial charge on any atom is -0.474 e. The van der Waals surface area contributed by atoms with Crippen molar-refractivity contribution in [3.8, 4) is 16.9 Å². The summed E-state index contributed by atoms with van der Waals surface area (Å²) in [7, 11) is 1.81. The van der Waals surface area contributed by atoms with Gasteiger partial charge in [0.2, 0.25) is 0 Å². The molecule has 1 aromatic carbocycles. The van der Waals surface area contributed by atoms with Crippen molar-refractivity contribution in [2.24, 2.45) is 7.05 Å². The summed E-state index contributed by atoms with van der Waals surface area (Å²) in [5.74, 6) is -1.12. The molecule has 3 rings (SSSR count). The first-order chi connectivity index (χ1) is 15.1. The van der Waals surface area contributed by atoms with E-state index in [4.69, 9.17) is 30.5 Å². The molecule has 0 N–H and O–H groups in total. The number of aryl methyl sites for hydroxylation is 1. The van der Waals surface area contributed by atoms with Gasteiger partial charge in [-0.05, 0) is 17.7 Å². The Morgan fingerprint density at radius 3 is 2.28 bits per heavy atom. The topological polar surface area (TPSA) is 106 Å². The molecule has 4 atom stereocenters. The van der Waals surface area contributed by atoms with Gasteiger partial charge in [-0.2, -0.15) is 5.10 Å². The number of thioether (sulfide) groups is 1. The number of ether oxygens (including phenoxy) is 4. The summed E-state index contributed by atoms with van der Waals surface area (Å²) >= 11 is 7.62. The Morgan fingerprint density at radius 2 is 1.69 bits per heavy atom. The summed E-state index contributed by atoms with van der Waals surface area (Å²) in [5.41, 5.74) is 0.933. The van der Waals surface area contributed by atoms with Crippen LogP contribution in [0.15, 0.2) is 30.6 Å². The van der Waals surface area contributed by atoms with Gasteiger partial charge in [0.05, 0.1) is 11.2 Å². The highest BCUT2D eigenvalue weighted by molar-refractivity contribution is 7.99. The number of hydrogen-bond acceptors (Lipinski definition) is 9. The van der Waals surface area contributed by atoms with Crippen LogP contribution in [0, 0.1) is 0 Å². The van der Waals surface area contributed by atoms with E-state index in [0.717, 1.165) is 11.1 Å². The molecular formula is C21H23ClN2O7S. The maximum absolute atomic E-state index is 11.8. The van der Waals surface area contributed by atoms with Gasteiger partial charge in [0.1, 0.15) is 5.75 Å². The van der Waals surface area contributed by atoms with Gasteiger partial charge in [0, 0.05) is 45.3 Å². The molecule has 0 aliphatic carbocycles. The SMILES string of the molecule is CC(=O)O[C@@H]1[C@@H](OC(C)=O)[C@@H](Oc2cc(-c3cnn(C)c3)ccc2Cl)SC[C@H]1OC(C)=O. The molecule has 0 radical (unpaired) electrons. The number of benzene rings is 1. The van der Waals surface area contributed by atoms with Gasteiger partial charge in [0.15, 0.2) is 23.7 Å². The summed E-state index contributed by atoms with van der Waals surface area (Å²) in [5, 5.41) is 4.52. The molecule has 0 saturated carbocycles. The van der Waals surface area contributed by atoms with Gasteiger partial charge in [0.25, 0.3) is 0 Å². The van der Waals surface area contributed by atoms with E-state index in [1.54, 1.807) is 23.0 Å². The van der Waals surface area contributed by atoms with Crippen LogP contribution in [-0.2, 0) is 35.6 Å². The van der Waals surface area contributed by atoms with E-state index in [1.807, 2.05) is 19.3 Å². The maximum atomic E-state index is 11.8. The molecule has 0 amide bonds. The fourth-order valence-electron chi connectivity index (χ4n) is 3.28. The molecule has 172 valence electrons. The molecule has 2 aromatic rings. The number of halogens is 1. The number of carbonyl (C=O) groups excluding carboxylic acids is 3. The molecule has 11 heteroatoms. The van der Waals surface area contributed by atoms with Crippen LogP contribution in [0.1, 0.15) is 20.8 Å². The lowest BCUT2D eigenvalue weighted by Crippen LogP contribution is -2.55. The predicted octanol–water partition coefficient (Wildman–Crippen LogP) is 2.99. The average Bonchev–Trinajstić information content (AvgIpc) is 3.13. The number of esters is 3. The highest BCUT2D eigenvalue weighted by Crippen LogP contribution is 2.37. The van der Waals surface area contributed by atoms with Crippen molar-refractivity contribution in [1.82, 2.24) is 9.78 Å². The first-order valence-corrected chi connectivity index (χ1v) is 11.1. The van der Waals surface area contributed by atoms with Crippen LogP contribution in [0.25, 0.3) is 11.1 Å². The summed E-state index contributed by atoms with van der Waals surface area (Å²) in [6.07, 6.45) is 0.696. The Morgan fingerprint density at radius 1 is 1.03 bits per heavy atom. The fraction of sp³-hybridized carbons (Fsp3) is 0.429. The van der Waals surface area contributed by atoms with Gasteiger partial charge in [-0.25, -0.2) is 0 Å². The van der Waals surface area contributed by atoms with Gasteiger partial charge < -0.3 is 18.9 Å². The van der Waals surface area contributed by atoms with Crippen LogP contribution >= 0.6 is 23.4 Å². The predicted molar refractivity (Wildman–Crippen MR) is 117 cm³/mol. The Balaban J connectivity index is 1.90. The van der Waals surface area contributed by atoms with Crippen molar-refractivity contribution in [3.63, 3.8) is 0 Å². The number of carbonyl (C=O) groups is 3. The average molecular weight is 483 g/mol. The fourth-order valence-corrected chi connectivity index (χ4v) is 4.65. The van der Waals surface area contributed by atoms with Gasteiger partial charge in [-0.15, -0.1) is 11.8 Å². The zero-order valence-corrected chi connectivity index (χ0v) is 19.5. The van der Waals surface area contributed by atoms with Crippen LogP contribution in [0.3, 0.4) is 0 Å². The van der Waals surface area contributed by atoms with Crippen LogP contribution in [-0.4, -0.2) is 57.2 Å². The minimum absolute atomic E-state index is 0.264. The number of hydrogen-bond donors (Lipinski definition) is 0. The van der Waals surface area contributed by atoms with E-state index in [1.165, 1.54) is 32.5 Å². The molecule has 9 nitrogen and oxygen atoms in total. The zero-order chi connectivity index (χ0) is 23.4. The summed E-state index contributed by atoms with van der Waals surface area (Å²) in [6.45, 7) is 3.71. The van der Waals surface area contributed by atoms with Crippen LogP contribution < -0.4 is 4.74 Å². The van der Waals surface area contributed by atoms with Crippen LogP contribution in [0.2, 0.25) is 5.02 Å². The molecule has 1 saturated heterocycles. The van der Waals surface area contributed by atoms with Crippen molar-refractivity contribution in [3.05, 3.63) is 35.6 Å². The Hall–Kier alpha value is -2.72. The molecule has 0 unspecified atom stereocenters. The highest BCUT2D eigenvalue weighted by atomic mass is 35.5. The van der Waals surface area contributed by atoms with Crippen LogP contribution in [0.4, 0.5) is 0 Å². The number of rotatable bonds is 6. The minimum atomic E-state index is -1.04. The van der Waals surface area contributed by atoms with Crippen molar-refractivity contribution >= 4 is 41.3 Å². The van der Waals surface area contributed by atoms with E-state index in [2.05, 4.69) is 5.10 Å². The molecule has 32 heavy (non-hydrogen) atoms. The van der Waals surface area contributed by atoms with Crippen molar-refractivity contribution in [1.29, 1.82) is 0 Å². The van der Waals surface area contributed by atoms with Crippen LogP contribution in [0.5, 0.6) is 5.75 Å². The van der Waals surface area contributed by atoms with E-state index in [0.29, 0.717) is 10.8 Å². The lowest BCUT2D eigenvalue weighted by molar-refractivity contribution is -0.186. The van der Waals surface area contributed by atoms with E-state index >= 15 is 0 Å². The second-order valence-corrected chi connectivity index (χ2v) is 8.70. The van der Waals surface area contributed by atoms with E-state index < -0.39 is 41.7 Å². The molecule has 1 aromatic heterocycles. The smallest absolute Gasteiger partial charge is 0.303 e. The van der Waals surface area contributed by atoms with E-state index in [9.17, 15) is 14.4 Å². The molecule has 0 bridgehead atoms. The second kappa shape index (κ2) is 10.3. The Bertz CT molecular complexity index is 1010. The van der Waals surface area contributed by atoms with Crippen molar-refractivity contribution < 1.29 is 33.3 Å². The van der Waals surface area contributed by atoms with Gasteiger partial charge in [-0.1, -0.05) is 17.7 Å². The molecule has 0 spiro atoms. The molecule has 2 heterocycles. The van der Waals surface area contributed by atoms with E-state index in [-0.39, 0.29) is 5.75 Å². The summed E-state index contributed by atoms with van der Waals surface area (Å²) in [4.78, 5) is 35.1. The van der Waals surface area contributed by atoms with Gasteiger partial charge >= 0.3 is 17.9 Å². The standard InChI is InChI=1S/C21H23ClN2O7S/c1-11(25)28-18-10-32-21(20(30-13(3)27)19(18)29-12(2)26)31-17-7-14(5-6-16(17)22)15-8-23-24(4)9-15/h5-9,18-21H,10H2,1-4H3/t18-,19+,20-,21+/m1/s1.